The highest BCUT2D eigenvalue weighted by molar-refractivity contribution is 5.94. The fourth-order valence-electron chi connectivity index (χ4n) is 6.63. The second kappa shape index (κ2) is 11.5. The number of furan rings is 1. The Morgan fingerprint density at radius 3 is 2.29 bits per heavy atom. The number of likely N-dealkylation sites (N-methyl/N-ethyl adjacent to an activating group) is 1. The third-order valence-corrected chi connectivity index (χ3v) is 9.28. The molecule has 0 spiro atoms. The van der Waals surface area contributed by atoms with Crippen LogP contribution in [0.1, 0.15) is 53.9 Å². The van der Waals surface area contributed by atoms with Crippen LogP contribution in [0, 0.1) is 5.92 Å². The van der Waals surface area contributed by atoms with Gasteiger partial charge in [0.05, 0.1) is 6.26 Å². The van der Waals surface area contributed by atoms with Crippen LogP contribution in [0.2, 0.25) is 0 Å². The summed E-state index contributed by atoms with van der Waals surface area (Å²) < 4.78 is 5.80. The zero-order chi connectivity index (χ0) is 25.9. The number of hydrogen-bond donors (Lipinski definition) is 0. The van der Waals surface area contributed by atoms with Gasteiger partial charge in [0.15, 0.2) is 0 Å². The number of anilines is 1. The molecule has 6 heteroatoms. The fraction of sp³-hybridized carbons (Fsp3) is 0.531. The predicted octanol–water partition coefficient (Wildman–Crippen LogP) is 5.31. The largest absolute Gasteiger partial charge is 0.464 e. The SMILES string of the molecule is CN1CCN(c2ccc(C(=O)N3CCC(CCN4CCC(c5coc6ccccc56)CC4)CC3)cc2)CC1. The summed E-state index contributed by atoms with van der Waals surface area (Å²) >= 11 is 0. The van der Waals surface area contributed by atoms with Gasteiger partial charge in [0, 0.05) is 61.5 Å². The lowest BCUT2D eigenvalue weighted by molar-refractivity contribution is 0.0678. The second-order valence-electron chi connectivity index (χ2n) is 11.7. The molecule has 0 N–H and O–H groups in total. The highest BCUT2D eigenvalue weighted by atomic mass is 16.3. The molecule has 0 bridgehead atoms. The molecule has 2 aromatic carbocycles. The molecule has 0 saturated carbocycles. The molecule has 0 unspecified atom stereocenters. The number of nitrogens with zero attached hydrogens (tertiary/aromatic N) is 4. The summed E-state index contributed by atoms with van der Waals surface area (Å²) in [5.41, 5.74) is 4.47. The van der Waals surface area contributed by atoms with Gasteiger partial charge in [-0.2, -0.15) is 0 Å². The zero-order valence-electron chi connectivity index (χ0n) is 22.9. The zero-order valence-corrected chi connectivity index (χ0v) is 22.9. The number of piperazine rings is 1. The van der Waals surface area contributed by atoms with Crippen molar-refractivity contribution in [2.24, 2.45) is 5.92 Å². The van der Waals surface area contributed by atoms with E-state index in [1.807, 2.05) is 24.5 Å². The number of rotatable bonds is 6. The molecule has 6 rings (SSSR count). The lowest BCUT2D eigenvalue weighted by Gasteiger charge is -2.35. The van der Waals surface area contributed by atoms with E-state index in [0.717, 1.165) is 69.2 Å². The van der Waals surface area contributed by atoms with Gasteiger partial charge >= 0.3 is 0 Å². The Labute approximate surface area is 227 Å². The van der Waals surface area contributed by atoms with Crippen molar-refractivity contribution in [3.63, 3.8) is 0 Å². The van der Waals surface area contributed by atoms with Crippen LogP contribution < -0.4 is 4.90 Å². The summed E-state index contributed by atoms with van der Waals surface area (Å²) in [4.78, 5) is 22.6. The van der Waals surface area contributed by atoms with E-state index in [9.17, 15) is 4.79 Å². The van der Waals surface area contributed by atoms with E-state index in [4.69, 9.17) is 4.42 Å². The average molecular weight is 515 g/mol. The number of fused-ring (bicyclic) bond motifs is 1. The van der Waals surface area contributed by atoms with Gasteiger partial charge < -0.3 is 24.0 Å². The van der Waals surface area contributed by atoms with Crippen molar-refractivity contribution in [1.29, 1.82) is 0 Å². The first kappa shape index (κ1) is 25.4. The third-order valence-electron chi connectivity index (χ3n) is 9.28. The Morgan fingerprint density at radius 2 is 1.55 bits per heavy atom. The molecule has 0 radical (unpaired) electrons. The van der Waals surface area contributed by atoms with Crippen LogP contribution in [0.4, 0.5) is 5.69 Å². The molecule has 3 saturated heterocycles. The van der Waals surface area contributed by atoms with Crippen LogP contribution in [-0.4, -0.2) is 86.6 Å². The molecule has 3 aliphatic rings. The Morgan fingerprint density at radius 1 is 0.842 bits per heavy atom. The van der Waals surface area contributed by atoms with E-state index >= 15 is 0 Å². The molecule has 3 aliphatic heterocycles. The van der Waals surface area contributed by atoms with Gasteiger partial charge in [-0.1, -0.05) is 18.2 Å². The van der Waals surface area contributed by atoms with Crippen molar-refractivity contribution in [2.45, 2.75) is 38.0 Å². The van der Waals surface area contributed by atoms with E-state index in [1.165, 1.54) is 55.5 Å². The van der Waals surface area contributed by atoms with Crippen LogP contribution in [0.5, 0.6) is 0 Å². The van der Waals surface area contributed by atoms with Gasteiger partial charge in [0.2, 0.25) is 0 Å². The Hall–Kier alpha value is -2.83. The Balaban J connectivity index is 0.926. The monoisotopic (exact) mass is 514 g/mol. The molecule has 0 atom stereocenters. The van der Waals surface area contributed by atoms with Gasteiger partial charge in [0.25, 0.3) is 5.91 Å². The second-order valence-corrected chi connectivity index (χ2v) is 11.7. The smallest absolute Gasteiger partial charge is 0.253 e. The molecule has 4 heterocycles. The summed E-state index contributed by atoms with van der Waals surface area (Å²) in [5.74, 6) is 1.54. The van der Waals surface area contributed by atoms with Crippen molar-refractivity contribution >= 4 is 22.6 Å². The summed E-state index contributed by atoms with van der Waals surface area (Å²) in [6.45, 7) is 9.60. The van der Waals surface area contributed by atoms with Crippen LogP contribution in [-0.2, 0) is 0 Å². The topological polar surface area (TPSA) is 43.2 Å². The Bertz CT molecular complexity index is 1200. The maximum Gasteiger partial charge on any atom is 0.253 e. The maximum absolute atomic E-state index is 13.1. The summed E-state index contributed by atoms with van der Waals surface area (Å²) in [6, 6.07) is 16.7. The van der Waals surface area contributed by atoms with Crippen LogP contribution >= 0.6 is 0 Å². The van der Waals surface area contributed by atoms with Gasteiger partial charge in [0.1, 0.15) is 5.58 Å². The van der Waals surface area contributed by atoms with Gasteiger partial charge in [-0.15, -0.1) is 0 Å². The van der Waals surface area contributed by atoms with E-state index < -0.39 is 0 Å². The van der Waals surface area contributed by atoms with Crippen LogP contribution in [0.25, 0.3) is 11.0 Å². The van der Waals surface area contributed by atoms with Crippen molar-refractivity contribution in [1.82, 2.24) is 14.7 Å². The highest BCUT2D eigenvalue weighted by Crippen LogP contribution is 2.34. The highest BCUT2D eigenvalue weighted by Gasteiger charge is 2.27. The number of carbonyl (C=O) groups excluding carboxylic acids is 1. The molecule has 38 heavy (non-hydrogen) atoms. The first-order valence-electron chi connectivity index (χ1n) is 14.7. The van der Waals surface area contributed by atoms with Crippen molar-refractivity contribution in [3.8, 4) is 0 Å². The molecule has 1 amide bonds. The molecule has 3 fully saturated rings. The number of piperidine rings is 2. The number of para-hydroxylation sites is 1. The third kappa shape index (κ3) is 5.62. The number of likely N-dealkylation sites (tertiary alicyclic amines) is 2. The summed E-state index contributed by atoms with van der Waals surface area (Å²) in [7, 11) is 2.18. The minimum absolute atomic E-state index is 0.197. The van der Waals surface area contributed by atoms with Crippen LogP contribution in [0.3, 0.4) is 0 Å². The van der Waals surface area contributed by atoms with E-state index in [2.05, 4.69) is 57.0 Å². The van der Waals surface area contributed by atoms with Crippen molar-refractivity contribution in [2.75, 3.05) is 70.9 Å². The molecular formula is C32H42N4O2. The van der Waals surface area contributed by atoms with Crippen LogP contribution in [0.15, 0.2) is 59.2 Å². The van der Waals surface area contributed by atoms with Gasteiger partial charge in [-0.25, -0.2) is 0 Å². The molecule has 3 aromatic rings. The molecule has 6 nitrogen and oxygen atoms in total. The minimum atomic E-state index is 0.197. The number of benzene rings is 2. The van der Waals surface area contributed by atoms with E-state index in [0.29, 0.717) is 5.92 Å². The first-order valence-corrected chi connectivity index (χ1v) is 14.7. The number of hydrogen-bond acceptors (Lipinski definition) is 5. The van der Waals surface area contributed by atoms with Crippen molar-refractivity contribution < 1.29 is 9.21 Å². The normalized spacial score (nSPS) is 20.9. The van der Waals surface area contributed by atoms with E-state index in [1.54, 1.807) is 0 Å². The quantitative estimate of drug-likeness (QED) is 0.446. The average Bonchev–Trinajstić information content (AvgIpc) is 3.41. The number of carbonyl (C=O) groups is 1. The molecule has 202 valence electrons. The van der Waals surface area contributed by atoms with Gasteiger partial charge in [-0.05, 0) is 101 Å². The number of amides is 1. The summed E-state index contributed by atoms with van der Waals surface area (Å²) in [5, 5.41) is 1.29. The van der Waals surface area contributed by atoms with Crippen molar-refractivity contribution in [3.05, 3.63) is 65.9 Å². The first-order chi connectivity index (χ1) is 18.6. The predicted molar refractivity (Wildman–Crippen MR) is 154 cm³/mol. The fourth-order valence-corrected chi connectivity index (χ4v) is 6.63. The molecule has 1 aromatic heterocycles. The molecule has 0 aliphatic carbocycles. The van der Waals surface area contributed by atoms with E-state index in [-0.39, 0.29) is 5.91 Å². The molecular weight excluding hydrogens is 472 g/mol. The maximum atomic E-state index is 13.1. The lowest BCUT2D eigenvalue weighted by Crippen LogP contribution is -2.44. The Kier molecular flexibility index (Phi) is 7.70. The minimum Gasteiger partial charge on any atom is -0.464 e. The standard InChI is InChI=1S/C32H42N4O2/c1-33-20-22-35(23-21-33)28-8-6-27(7-9-28)32(37)36-18-11-25(12-19-36)10-15-34-16-13-26(14-17-34)30-24-38-31-5-3-2-4-29(30)31/h2-9,24-26H,10-23H2,1H3. The lowest BCUT2D eigenvalue weighted by atomic mass is 9.88. The van der Waals surface area contributed by atoms with Gasteiger partial charge in [-0.3, -0.25) is 4.79 Å². The summed E-state index contributed by atoms with van der Waals surface area (Å²) in [6.07, 6.45) is 7.92.